The Morgan fingerprint density at radius 2 is 1.58 bits per heavy atom. The summed E-state index contributed by atoms with van der Waals surface area (Å²) >= 11 is 0. The van der Waals surface area contributed by atoms with Gasteiger partial charge < -0.3 is 18.9 Å². The number of ether oxygens (including phenoxy) is 4. The number of rotatable bonds is 7. The number of benzene rings is 2. The number of carbonyl (C=O) groups is 1. The van der Waals surface area contributed by atoms with Crippen LogP contribution in [0.4, 0.5) is 0 Å². The van der Waals surface area contributed by atoms with Crippen molar-refractivity contribution in [3.63, 3.8) is 0 Å². The summed E-state index contributed by atoms with van der Waals surface area (Å²) in [6.45, 7) is 4.80. The van der Waals surface area contributed by atoms with Crippen molar-refractivity contribution >= 4 is 5.97 Å². The van der Waals surface area contributed by atoms with Gasteiger partial charge in [0.05, 0.1) is 19.8 Å². The molecule has 0 heterocycles. The van der Waals surface area contributed by atoms with Crippen LogP contribution in [-0.2, 0) is 4.74 Å². The highest BCUT2D eigenvalue weighted by atomic mass is 16.5. The molecular weight excluding hydrogens is 308 g/mol. The summed E-state index contributed by atoms with van der Waals surface area (Å²) in [5, 5.41) is 0. The van der Waals surface area contributed by atoms with E-state index in [9.17, 15) is 4.79 Å². The molecule has 0 unspecified atom stereocenters. The van der Waals surface area contributed by atoms with E-state index in [-0.39, 0.29) is 0 Å². The molecule has 0 amide bonds. The van der Waals surface area contributed by atoms with Crippen LogP contribution in [0.5, 0.6) is 17.2 Å². The van der Waals surface area contributed by atoms with Crippen LogP contribution in [0.3, 0.4) is 0 Å². The second-order valence-electron chi connectivity index (χ2n) is 5.32. The minimum atomic E-state index is -0.418. The molecule has 0 aliphatic carbocycles. The van der Waals surface area contributed by atoms with Crippen molar-refractivity contribution < 1.29 is 23.7 Å². The van der Waals surface area contributed by atoms with Crippen molar-refractivity contribution in [2.45, 2.75) is 13.8 Å². The van der Waals surface area contributed by atoms with Gasteiger partial charge in [0, 0.05) is 0 Å². The topological polar surface area (TPSA) is 54.0 Å². The van der Waals surface area contributed by atoms with Gasteiger partial charge in [-0.3, -0.25) is 0 Å². The summed E-state index contributed by atoms with van der Waals surface area (Å²) < 4.78 is 21.4. The maximum Gasteiger partial charge on any atom is 0.337 e. The highest BCUT2D eigenvalue weighted by Gasteiger charge is 2.11. The average molecular weight is 330 g/mol. The molecule has 0 saturated carbocycles. The largest absolute Gasteiger partial charge is 0.493 e. The Morgan fingerprint density at radius 3 is 2.25 bits per heavy atom. The van der Waals surface area contributed by atoms with Gasteiger partial charge in [-0.05, 0) is 49.2 Å². The molecule has 0 aliphatic rings. The van der Waals surface area contributed by atoms with Crippen molar-refractivity contribution in [3.8, 4) is 17.2 Å². The van der Waals surface area contributed by atoms with Gasteiger partial charge in [0.2, 0.25) is 0 Å². The molecule has 0 atom stereocenters. The first-order chi connectivity index (χ1) is 11.5. The summed E-state index contributed by atoms with van der Waals surface area (Å²) in [7, 11) is 2.86. The predicted molar refractivity (Wildman–Crippen MR) is 91.2 cm³/mol. The van der Waals surface area contributed by atoms with Crippen molar-refractivity contribution in [3.05, 3.63) is 53.1 Å². The van der Waals surface area contributed by atoms with Crippen molar-refractivity contribution in [2.24, 2.45) is 0 Å². The zero-order valence-electron chi connectivity index (χ0n) is 14.4. The zero-order chi connectivity index (χ0) is 17.5. The molecule has 2 rings (SSSR count). The monoisotopic (exact) mass is 330 g/mol. The third-order valence-electron chi connectivity index (χ3n) is 3.53. The van der Waals surface area contributed by atoms with Crippen LogP contribution in [0.2, 0.25) is 0 Å². The number of carbonyl (C=O) groups excluding carboxylic acids is 1. The van der Waals surface area contributed by atoms with E-state index in [0.29, 0.717) is 30.3 Å². The SMILES string of the molecule is COC(=O)c1ccc(OCCOc2cc(C)ccc2C)c(OC)c1. The van der Waals surface area contributed by atoms with E-state index < -0.39 is 5.97 Å². The Morgan fingerprint density at radius 1 is 0.875 bits per heavy atom. The summed E-state index contributed by atoms with van der Waals surface area (Å²) in [5.41, 5.74) is 2.64. The molecule has 2 aromatic carbocycles. The Hall–Kier alpha value is -2.69. The van der Waals surface area contributed by atoms with Crippen LogP contribution >= 0.6 is 0 Å². The maximum atomic E-state index is 11.5. The lowest BCUT2D eigenvalue weighted by atomic mass is 10.1. The minimum absolute atomic E-state index is 0.362. The number of hydrogen-bond acceptors (Lipinski definition) is 5. The lowest BCUT2D eigenvalue weighted by molar-refractivity contribution is 0.0600. The molecule has 0 saturated heterocycles. The smallest absolute Gasteiger partial charge is 0.337 e. The second-order valence-corrected chi connectivity index (χ2v) is 5.32. The van der Waals surface area contributed by atoms with Crippen LogP contribution in [0.15, 0.2) is 36.4 Å². The molecule has 0 aliphatic heterocycles. The zero-order valence-corrected chi connectivity index (χ0v) is 14.4. The third-order valence-corrected chi connectivity index (χ3v) is 3.53. The number of aryl methyl sites for hydroxylation is 2. The van der Waals surface area contributed by atoms with Crippen molar-refractivity contribution in [2.75, 3.05) is 27.4 Å². The van der Waals surface area contributed by atoms with Gasteiger partial charge in [-0.2, -0.15) is 0 Å². The molecule has 0 N–H and O–H groups in total. The molecule has 0 fully saturated rings. The molecule has 0 bridgehead atoms. The average Bonchev–Trinajstić information content (AvgIpc) is 2.60. The van der Waals surface area contributed by atoms with Gasteiger partial charge in [0.25, 0.3) is 0 Å². The lowest BCUT2D eigenvalue weighted by Gasteiger charge is -2.13. The van der Waals surface area contributed by atoms with E-state index >= 15 is 0 Å². The molecule has 5 nitrogen and oxygen atoms in total. The third kappa shape index (κ3) is 4.41. The summed E-state index contributed by atoms with van der Waals surface area (Å²) in [6, 6.07) is 11.0. The Balaban J connectivity index is 1.94. The number of methoxy groups -OCH3 is 2. The minimum Gasteiger partial charge on any atom is -0.493 e. The molecule has 5 heteroatoms. The van der Waals surface area contributed by atoms with Gasteiger partial charge in [0.15, 0.2) is 11.5 Å². The standard InChI is InChI=1S/C19H22O5/c1-13-5-6-14(2)17(11-13)24-10-9-23-16-8-7-15(19(20)22-4)12-18(16)21-3/h5-8,11-12H,9-10H2,1-4H3. The molecule has 24 heavy (non-hydrogen) atoms. The van der Waals surface area contributed by atoms with Crippen molar-refractivity contribution in [1.82, 2.24) is 0 Å². The number of esters is 1. The molecule has 2 aromatic rings. The number of hydrogen-bond donors (Lipinski definition) is 0. The Bertz CT molecular complexity index is 709. The first-order valence-electron chi connectivity index (χ1n) is 7.64. The van der Waals surface area contributed by atoms with Crippen molar-refractivity contribution in [1.29, 1.82) is 0 Å². The fourth-order valence-electron chi connectivity index (χ4n) is 2.20. The second kappa shape index (κ2) is 8.24. The van der Waals surface area contributed by atoms with Crippen LogP contribution in [0.1, 0.15) is 21.5 Å². The molecular formula is C19H22O5. The first-order valence-corrected chi connectivity index (χ1v) is 7.64. The fraction of sp³-hybridized carbons (Fsp3) is 0.316. The summed E-state index contributed by atoms with van der Waals surface area (Å²) in [4.78, 5) is 11.5. The quantitative estimate of drug-likeness (QED) is 0.574. The van der Waals surface area contributed by atoms with E-state index in [2.05, 4.69) is 4.74 Å². The highest BCUT2D eigenvalue weighted by Crippen LogP contribution is 2.28. The van der Waals surface area contributed by atoms with E-state index in [4.69, 9.17) is 14.2 Å². The maximum absolute atomic E-state index is 11.5. The van der Waals surface area contributed by atoms with Gasteiger partial charge in [-0.1, -0.05) is 12.1 Å². The summed E-state index contributed by atoms with van der Waals surface area (Å²) in [5.74, 6) is 1.46. The highest BCUT2D eigenvalue weighted by molar-refractivity contribution is 5.90. The van der Waals surface area contributed by atoms with Crippen LogP contribution in [-0.4, -0.2) is 33.4 Å². The van der Waals surface area contributed by atoms with E-state index in [1.54, 1.807) is 18.2 Å². The lowest BCUT2D eigenvalue weighted by Crippen LogP contribution is -2.10. The van der Waals surface area contributed by atoms with Crippen LogP contribution in [0.25, 0.3) is 0 Å². The Labute approximate surface area is 142 Å². The normalized spacial score (nSPS) is 10.2. The first kappa shape index (κ1) is 17.7. The molecule has 0 aromatic heterocycles. The Kier molecular flexibility index (Phi) is 6.07. The van der Waals surface area contributed by atoms with Crippen LogP contribution < -0.4 is 14.2 Å². The predicted octanol–water partition coefficient (Wildman–Crippen LogP) is 3.56. The van der Waals surface area contributed by atoms with Gasteiger partial charge in [-0.15, -0.1) is 0 Å². The van der Waals surface area contributed by atoms with Crippen LogP contribution in [0, 0.1) is 13.8 Å². The van der Waals surface area contributed by atoms with E-state index in [1.165, 1.54) is 14.2 Å². The molecule has 0 spiro atoms. The fourth-order valence-corrected chi connectivity index (χ4v) is 2.20. The van der Waals surface area contributed by atoms with Gasteiger partial charge in [-0.25, -0.2) is 4.79 Å². The van der Waals surface area contributed by atoms with Gasteiger partial charge in [0.1, 0.15) is 19.0 Å². The van der Waals surface area contributed by atoms with E-state index in [1.807, 2.05) is 32.0 Å². The molecule has 128 valence electrons. The van der Waals surface area contributed by atoms with Gasteiger partial charge >= 0.3 is 5.97 Å². The van der Waals surface area contributed by atoms with E-state index in [0.717, 1.165) is 16.9 Å². The summed E-state index contributed by atoms with van der Waals surface area (Å²) in [6.07, 6.45) is 0. The molecule has 0 radical (unpaired) electrons.